The van der Waals surface area contributed by atoms with Crippen molar-refractivity contribution >= 4 is 11.8 Å². The molecular weight excluding hydrogens is 288 g/mol. The Labute approximate surface area is 129 Å². The highest BCUT2D eigenvalue weighted by Gasteiger charge is 2.37. The lowest BCUT2D eigenvalue weighted by Crippen LogP contribution is -2.31. The summed E-state index contributed by atoms with van der Waals surface area (Å²) in [4.78, 5) is 23.8. The summed E-state index contributed by atoms with van der Waals surface area (Å²) >= 11 is 0. The van der Waals surface area contributed by atoms with Gasteiger partial charge in [-0.2, -0.15) is 0 Å². The van der Waals surface area contributed by atoms with E-state index in [4.69, 9.17) is 14.2 Å². The average Bonchev–Trinajstić information content (AvgIpc) is 2.74. The van der Waals surface area contributed by atoms with Gasteiger partial charge in [-0.25, -0.2) is 4.79 Å². The Morgan fingerprint density at radius 1 is 1.41 bits per heavy atom. The van der Waals surface area contributed by atoms with E-state index in [1.807, 2.05) is 6.07 Å². The molecule has 1 fully saturated rings. The van der Waals surface area contributed by atoms with Crippen molar-refractivity contribution in [2.24, 2.45) is 0 Å². The number of hydrogen-bond donors (Lipinski definition) is 1. The molecule has 6 nitrogen and oxygen atoms in total. The molecule has 2 atom stereocenters. The minimum Gasteiger partial charge on any atom is -0.459 e. The lowest BCUT2D eigenvalue weighted by atomic mass is 10.1. The van der Waals surface area contributed by atoms with Gasteiger partial charge in [0.25, 0.3) is 0 Å². The first kappa shape index (κ1) is 16.6. The molecule has 0 spiro atoms. The Balaban J connectivity index is 1.88. The first-order chi connectivity index (χ1) is 10.3. The predicted molar refractivity (Wildman–Crippen MR) is 77.1 cm³/mol. The number of ketones is 1. The number of hydrogen-bond acceptors (Lipinski definition) is 6. The van der Waals surface area contributed by atoms with Crippen molar-refractivity contribution < 1.29 is 28.9 Å². The molecule has 1 heterocycles. The van der Waals surface area contributed by atoms with Gasteiger partial charge < -0.3 is 19.3 Å². The van der Waals surface area contributed by atoms with E-state index in [1.54, 1.807) is 25.1 Å². The van der Waals surface area contributed by atoms with Gasteiger partial charge in [-0.15, -0.1) is 0 Å². The predicted octanol–water partition coefficient (Wildman–Crippen LogP) is 1.58. The molecule has 2 rings (SSSR count). The highest BCUT2D eigenvalue weighted by atomic mass is 16.7. The van der Waals surface area contributed by atoms with Gasteiger partial charge in [0.2, 0.25) is 0 Å². The molecule has 1 aliphatic heterocycles. The highest BCUT2D eigenvalue weighted by Crippen LogP contribution is 2.22. The molecule has 0 radical (unpaired) electrons. The average molecular weight is 308 g/mol. The first-order valence-electron chi connectivity index (χ1n) is 7.07. The number of aliphatic hydroxyl groups is 1. The molecular formula is C16H20O6. The maximum atomic E-state index is 12.0. The highest BCUT2D eigenvalue weighted by molar-refractivity contribution is 5.91. The van der Waals surface area contributed by atoms with Gasteiger partial charge in [0.15, 0.2) is 24.0 Å². The van der Waals surface area contributed by atoms with Crippen LogP contribution >= 0.6 is 0 Å². The van der Waals surface area contributed by atoms with Crippen molar-refractivity contribution in [2.45, 2.75) is 45.4 Å². The fourth-order valence-electron chi connectivity index (χ4n) is 2.16. The van der Waals surface area contributed by atoms with E-state index in [2.05, 4.69) is 0 Å². The summed E-state index contributed by atoms with van der Waals surface area (Å²) in [7, 11) is 0. The molecule has 1 aliphatic rings. The van der Waals surface area contributed by atoms with Crippen LogP contribution in [0.3, 0.4) is 0 Å². The Kier molecular flexibility index (Phi) is 4.95. The zero-order chi connectivity index (χ0) is 16.3. The molecule has 1 saturated heterocycles. The molecule has 1 aromatic rings. The van der Waals surface area contributed by atoms with Gasteiger partial charge in [-0.3, -0.25) is 4.79 Å². The quantitative estimate of drug-likeness (QED) is 0.657. The minimum absolute atomic E-state index is 0.0244. The van der Waals surface area contributed by atoms with Crippen molar-refractivity contribution in [3.8, 4) is 0 Å². The van der Waals surface area contributed by atoms with Gasteiger partial charge in [0.05, 0.1) is 12.0 Å². The van der Waals surface area contributed by atoms with Gasteiger partial charge in [-0.05, 0) is 32.4 Å². The van der Waals surface area contributed by atoms with E-state index in [0.29, 0.717) is 5.56 Å². The van der Waals surface area contributed by atoms with E-state index in [-0.39, 0.29) is 18.8 Å². The van der Waals surface area contributed by atoms with Crippen molar-refractivity contribution in [3.05, 3.63) is 35.4 Å². The molecule has 22 heavy (non-hydrogen) atoms. The minimum atomic E-state index is -1.39. The lowest BCUT2D eigenvalue weighted by molar-refractivity contribution is -0.270. The Morgan fingerprint density at radius 2 is 2.09 bits per heavy atom. The van der Waals surface area contributed by atoms with E-state index in [1.165, 1.54) is 13.8 Å². The molecule has 0 amide bonds. The standard InChI is InChI=1S/C16H20O6/c1-10-6-4-5-7-11(10)15(18)20-9-13-12(17)8-14(21-13)22-16(2,3)19/h4-7,13-14,19H,8-9H2,1-3H3. The van der Waals surface area contributed by atoms with Crippen molar-refractivity contribution in [2.75, 3.05) is 6.61 Å². The topological polar surface area (TPSA) is 82.1 Å². The van der Waals surface area contributed by atoms with Crippen LogP contribution in [0, 0.1) is 6.92 Å². The zero-order valence-electron chi connectivity index (χ0n) is 12.9. The Morgan fingerprint density at radius 3 is 2.73 bits per heavy atom. The van der Waals surface area contributed by atoms with Gasteiger partial charge >= 0.3 is 5.97 Å². The number of aryl methyl sites for hydroxylation is 1. The summed E-state index contributed by atoms with van der Waals surface area (Å²) < 4.78 is 15.7. The number of ether oxygens (including phenoxy) is 3. The second-order valence-electron chi connectivity index (χ2n) is 5.70. The fourth-order valence-corrected chi connectivity index (χ4v) is 2.16. The van der Waals surface area contributed by atoms with Crippen LogP contribution < -0.4 is 0 Å². The normalized spacial score (nSPS) is 21.9. The molecule has 6 heteroatoms. The molecule has 2 unspecified atom stereocenters. The van der Waals surface area contributed by atoms with E-state index in [0.717, 1.165) is 5.56 Å². The van der Waals surface area contributed by atoms with Crippen molar-refractivity contribution in [1.82, 2.24) is 0 Å². The third-order valence-electron chi connectivity index (χ3n) is 3.19. The van der Waals surface area contributed by atoms with Gasteiger partial charge in [0, 0.05) is 0 Å². The largest absolute Gasteiger partial charge is 0.459 e. The van der Waals surface area contributed by atoms with Crippen LogP contribution in [-0.2, 0) is 19.0 Å². The van der Waals surface area contributed by atoms with Crippen LogP contribution in [0.5, 0.6) is 0 Å². The second-order valence-corrected chi connectivity index (χ2v) is 5.70. The molecule has 1 aromatic carbocycles. The smallest absolute Gasteiger partial charge is 0.338 e. The number of carbonyl (C=O) groups is 2. The van der Waals surface area contributed by atoms with Crippen LogP contribution in [0.1, 0.15) is 36.2 Å². The molecule has 1 N–H and O–H groups in total. The van der Waals surface area contributed by atoms with Crippen LogP contribution in [0.2, 0.25) is 0 Å². The first-order valence-corrected chi connectivity index (χ1v) is 7.07. The van der Waals surface area contributed by atoms with Crippen LogP contribution in [0.15, 0.2) is 24.3 Å². The van der Waals surface area contributed by atoms with Crippen molar-refractivity contribution in [3.63, 3.8) is 0 Å². The molecule has 0 saturated carbocycles. The summed E-state index contributed by atoms with van der Waals surface area (Å²) in [5, 5.41) is 9.55. The number of esters is 1. The molecule has 0 aliphatic carbocycles. The van der Waals surface area contributed by atoms with E-state index >= 15 is 0 Å². The summed E-state index contributed by atoms with van der Waals surface area (Å²) in [5.74, 6) is -2.11. The third-order valence-corrected chi connectivity index (χ3v) is 3.19. The number of rotatable bonds is 5. The summed E-state index contributed by atoms with van der Waals surface area (Å²) in [6.07, 6.45) is -1.66. The number of Topliss-reactive ketones (excluding diaryl/α,β-unsaturated/α-hetero) is 1. The van der Waals surface area contributed by atoms with Crippen LogP contribution in [0.25, 0.3) is 0 Å². The Bertz CT molecular complexity index is 560. The molecule has 0 bridgehead atoms. The zero-order valence-corrected chi connectivity index (χ0v) is 12.9. The van der Waals surface area contributed by atoms with E-state index in [9.17, 15) is 14.7 Å². The second kappa shape index (κ2) is 6.56. The summed E-state index contributed by atoms with van der Waals surface area (Å²) in [6.45, 7) is 4.54. The lowest BCUT2D eigenvalue weighted by Gasteiger charge is -2.22. The maximum Gasteiger partial charge on any atom is 0.338 e. The summed E-state index contributed by atoms with van der Waals surface area (Å²) in [6, 6.07) is 7.04. The fraction of sp³-hybridized carbons (Fsp3) is 0.500. The number of benzene rings is 1. The van der Waals surface area contributed by atoms with Gasteiger partial charge in [0.1, 0.15) is 6.61 Å². The van der Waals surface area contributed by atoms with Crippen LogP contribution in [0.4, 0.5) is 0 Å². The van der Waals surface area contributed by atoms with E-state index < -0.39 is 24.2 Å². The maximum absolute atomic E-state index is 12.0. The monoisotopic (exact) mass is 308 g/mol. The SMILES string of the molecule is Cc1ccccc1C(=O)OCC1OC(OC(C)(C)O)CC1=O. The summed E-state index contributed by atoms with van der Waals surface area (Å²) in [5.41, 5.74) is 1.26. The van der Waals surface area contributed by atoms with Gasteiger partial charge in [-0.1, -0.05) is 18.2 Å². The van der Waals surface area contributed by atoms with Crippen LogP contribution in [-0.4, -0.2) is 41.6 Å². The molecule has 120 valence electrons. The number of carbonyl (C=O) groups excluding carboxylic acids is 2. The molecule has 0 aromatic heterocycles. The Hall–Kier alpha value is -1.76. The third kappa shape index (κ3) is 4.37. The van der Waals surface area contributed by atoms with Crippen molar-refractivity contribution in [1.29, 1.82) is 0 Å².